The molecular weight excluding hydrogens is 366 g/mol. The Kier molecular flexibility index (Phi) is 7.23. The summed E-state index contributed by atoms with van der Waals surface area (Å²) >= 11 is 8.03. The Balaban J connectivity index is 2.44. The number of hydrogen-bond donors (Lipinski definition) is 1. The molecular formula is C12H15Br2NOS. The molecule has 0 bridgehead atoms. The number of hydrogen-bond acceptors (Lipinski definition) is 2. The number of thioether (sulfide) groups is 1. The van der Waals surface area contributed by atoms with E-state index in [9.17, 15) is 4.79 Å². The highest BCUT2D eigenvalue weighted by Crippen LogP contribution is 2.20. The lowest BCUT2D eigenvalue weighted by Crippen LogP contribution is -2.26. The lowest BCUT2D eigenvalue weighted by Gasteiger charge is -2.08. The van der Waals surface area contributed by atoms with E-state index in [2.05, 4.69) is 56.2 Å². The minimum Gasteiger partial charge on any atom is -0.346 e. The van der Waals surface area contributed by atoms with Gasteiger partial charge in [0.2, 0.25) is 0 Å². The average molecular weight is 381 g/mol. The van der Waals surface area contributed by atoms with E-state index in [-0.39, 0.29) is 10.1 Å². The normalized spacial score (nSPS) is 12.2. The number of aryl methyl sites for hydroxylation is 1. The van der Waals surface area contributed by atoms with Gasteiger partial charge in [0.1, 0.15) is 0 Å². The molecule has 1 aromatic rings. The highest BCUT2D eigenvalue weighted by molar-refractivity contribution is 9.12. The molecule has 0 fully saturated rings. The van der Waals surface area contributed by atoms with Crippen LogP contribution in [0.5, 0.6) is 0 Å². The summed E-state index contributed by atoms with van der Waals surface area (Å²) < 4.78 is 0. The average Bonchev–Trinajstić information content (AvgIpc) is 2.36. The van der Waals surface area contributed by atoms with Crippen molar-refractivity contribution in [3.63, 3.8) is 0 Å². The van der Waals surface area contributed by atoms with Crippen LogP contribution in [0.3, 0.4) is 0 Å². The van der Waals surface area contributed by atoms with Crippen molar-refractivity contribution in [2.75, 3.05) is 11.9 Å². The van der Waals surface area contributed by atoms with E-state index in [1.165, 1.54) is 17.3 Å². The number of carbonyl (C=O) groups excluding carboxylic acids is 1. The van der Waals surface area contributed by atoms with Crippen molar-refractivity contribution < 1.29 is 4.79 Å². The first-order valence-corrected chi connectivity index (χ1v) is 8.25. The first-order chi connectivity index (χ1) is 8.15. The molecule has 0 saturated carbocycles. The Morgan fingerprint density at radius 2 is 2.29 bits per heavy atom. The fraction of sp³-hybridized carbons (Fsp3) is 0.417. The van der Waals surface area contributed by atoms with Crippen molar-refractivity contribution in [2.45, 2.75) is 23.1 Å². The maximum Gasteiger partial charge on any atom is 0.283 e. The summed E-state index contributed by atoms with van der Waals surface area (Å²) in [6.07, 6.45) is 0.989. The van der Waals surface area contributed by atoms with E-state index in [0.717, 1.165) is 16.6 Å². The molecule has 5 heteroatoms. The van der Waals surface area contributed by atoms with Crippen LogP contribution < -0.4 is 5.32 Å². The van der Waals surface area contributed by atoms with Crippen LogP contribution in [0.2, 0.25) is 0 Å². The maximum atomic E-state index is 11.6. The second-order valence-corrected chi connectivity index (χ2v) is 6.51. The van der Waals surface area contributed by atoms with Gasteiger partial charge < -0.3 is 5.32 Å². The predicted molar refractivity (Wildman–Crippen MR) is 81.6 cm³/mol. The molecule has 1 amide bonds. The van der Waals surface area contributed by atoms with Crippen LogP contribution in [0.15, 0.2) is 29.2 Å². The zero-order chi connectivity index (χ0) is 12.7. The number of amides is 1. The topological polar surface area (TPSA) is 29.1 Å². The van der Waals surface area contributed by atoms with E-state index < -0.39 is 0 Å². The minimum absolute atomic E-state index is 0.0105. The van der Waals surface area contributed by atoms with Crippen LogP contribution in [-0.2, 0) is 6.42 Å². The molecule has 0 aliphatic heterocycles. The highest BCUT2D eigenvalue weighted by Gasteiger charge is 2.07. The van der Waals surface area contributed by atoms with E-state index in [0.29, 0.717) is 6.54 Å². The SMILES string of the molecule is CCc1cccc(SC(=O)NCC(Br)CBr)c1. The van der Waals surface area contributed by atoms with Gasteiger partial charge in [-0.1, -0.05) is 50.9 Å². The number of alkyl halides is 2. The number of nitrogens with one attached hydrogen (secondary N) is 1. The summed E-state index contributed by atoms with van der Waals surface area (Å²) in [5.41, 5.74) is 1.25. The van der Waals surface area contributed by atoms with Crippen LogP contribution in [0.25, 0.3) is 0 Å². The van der Waals surface area contributed by atoms with Crippen molar-refractivity contribution in [3.8, 4) is 0 Å². The molecule has 2 nitrogen and oxygen atoms in total. The van der Waals surface area contributed by atoms with Gasteiger partial charge in [0.15, 0.2) is 0 Å². The lowest BCUT2D eigenvalue weighted by molar-refractivity contribution is 0.261. The Bertz CT molecular complexity index is 373. The monoisotopic (exact) mass is 379 g/mol. The second kappa shape index (κ2) is 8.16. The molecule has 17 heavy (non-hydrogen) atoms. The first-order valence-electron chi connectivity index (χ1n) is 5.40. The Hall–Kier alpha value is -0.000000000000000111. The molecule has 94 valence electrons. The van der Waals surface area contributed by atoms with Crippen molar-refractivity contribution in [1.82, 2.24) is 5.32 Å². The van der Waals surface area contributed by atoms with Gasteiger partial charge in [-0.2, -0.15) is 0 Å². The molecule has 1 atom stereocenters. The summed E-state index contributed by atoms with van der Waals surface area (Å²) in [6, 6.07) is 8.07. The molecule has 0 radical (unpaired) electrons. The number of carbonyl (C=O) groups is 1. The van der Waals surface area contributed by atoms with Gasteiger partial charge in [0, 0.05) is 21.6 Å². The van der Waals surface area contributed by atoms with Gasteiger partial charge in [-0.3, -0.25) is 4.79 Å². The standard InChI is InChI=1S/C12H15Br2NOS/c1-2-9-4-3-5-11(6-9)17-12(16)15-8-10(14)7-13/h3-6,10H,2,7-8H2,1H3,(H,15,16). The number of benzene rings is 1. The zero-order valence-electron chi connectivity index (χ0n) is 9.58. The minimum atomic E-state index is -0.0105. The van der Waals surface area contributed by atoms with E-state index in [1.807, 2.05) is 12.1 Å². The van der Waals surface area contributed by atoms with Gasteiger partial charge in [0.25, 0.3) is 5.24 Å². The molecule has 1 unspecified atom stereocenters. The third-order valence-corrected chi connectivity index (χ3v) is 5.27. The molecule has 0 aliphatic carbocycles. The smallest absolute Gasteiger partial charge is 0.283 e. The maximum absolute atomic E-state index is 11.6. The summed E-state index contributed by atoms with van der Waals surface area (Å²) in [7, 11) is 0. The number of halogens is 2. The largest absolute Gasteiger partial charge is 0.346 e. The highest BCUT2D eigenvalue weighted by atomic mass is 79.9. The summed E-state index contributed by atoms with van der Waals surface area (Å²) in [6.45, 7) is 2.74. The van der Waals surface area contributed by atoms with E-state index in [1.54, 1.807) is 0 Å². The van der Waals surface area contributed by atoms with Crippen LogP contribution in [-0.4, -0.2) is 21.9 Å². The van der Waals surface area contributed by atoms with Gasteiger partial charge in [-0.15, -0.1) is 0 Å². The quantitative estimate of drug-likeness (QED) is 0.612. The van der Waals surface area contributed by atoms with Gasteiger partial charge in [-0.05, 0) is 35.9 Å². The molecule has 0 heterocycles. The van der Waals surface area contributed by atoms with Crippen LogP contribution in [0.4, 0.5) is 4.79 Å². The predicted octanol–water partition coefficient (Wildman–Crippen LogP) is 4.21. The summed E-state index contributed by atoms with van der Waals surface area (Å²) in [5.74, 6) is 0. The van der Waals surface area contributed by atoms with Gasteiger partial charge >= 0.3 is 0 Å². The first kappa shape index (κ1) is 15.1. The number of rotatable bonds is 5. The Morgan fingerprint density at radius 1 is 1.53 bits per heavy atom. The van der Waals surface area contributed by atoms with Crippen molar-refractivity contribution in [2.24, 2.45) is 0 Å². The van der Waals surface area contributed by atoms with Crippen molar-refractivity contribution >= 4 is 48.9 Å². The fourth-order valence-electron chi connectivity index (χ4n) is 1.22. The van der Waals surface area contributed by atoms with Gasteiger partial charge in [0.05, 0.1) is 0 Å². The van der Waals surface area contributed by atoms with E-state index in [4.69, 9.17) is 0 Å². The molecule has 1 N–H and O–H groups in total. The van der Waals surface area contributed by atoms with Gasteiger partial charge in [-0.25, -0.2) is 0 Å². The van der Waals surface area contributed by atoms with Crippen LogP contribution >= 0.6 is 43.6 Å². The van der Waals surface area contributed by atoms with Crippen LogP contribution in [0, 0.1) is 0 Å². The third-order valence-electron chi connectivity index (χ3n) is 2.15. The molecule has 1 rings (SSSR count). The molecule has 0 aliphatic rings. The van der Waals surface area contributed by atoms with Crippen LogP contribution in [0.1, 0.15) is 12.5 Å². The third kappa shape index (κ3) is 5.93. The molecule has 0 spiro atoms. The molecule has 0 aromatic heterocycles. The summed E-state index contributed by atoms with van der Waals surface area (Å²) in [4.78, 5) is 12.9. The molecule has 1 aromatic carbocycles. The fourth-order valence-corrected chi connectivity index (χ4v) is 2.34. The van der Waals surface area contributed by atoms with Crippen molar-refractivity contribution in [3.05, 3.63) is 29.8 Å². The zero-order valence-corrected chi connectivity index (χ0v) is 13.6. The lowest BCUT2D eigenvalue weighted by atomic mass is 10.2. The van der Waals surface area contributed by atoms with Crippen molar-refractivity contribution in [1.29, 1.82) is 0 Å². The second-order valence-electron chi connectivity index (χ2n) is 3.52. The Labute approximate surface area is 123 Å². The molecule has 0 saturated heterocycles. The van der Waals surface area contributed by atoms with E-state index >= 15 is 0 Å². The Morgan fingerprint density at radius 3 is 2.94 bits per heavy atom. The summed E-state index contributed by atoms with van der Waals surface area (Å²) in [5, 5.41) is 3.68.